The molecule has 0 unspecified atom stereocenters. The van der Waals surface area contributed by atoms with Crippen LogP contribution in [0.4, 0.5) is 0 Å². The van der Waals surface area contributed by atoms with Crippen molar-refractivity contribution in [1.29, 1.82) is 0 Å². The summed E-state index contributed by atoms with van der Waals surface area (Å²) in [6.45, 7) is 0.998. The lowest BCUT2D eigenvalue weighted by Crippen LogP contribution is -2.13. The molecule has 2 aromatic heterocycles. The Hall–Kier alpha value is -4.40. The number of benzene rings is 2. The molecule has 0 aliphatic carbocycles. The average molecular weight is 415 g/mol. The van der Waals surface area contributed by atoms with Gasteiger partial charge in [-0.25, -0.2) is 9.67 Å². The van der Waals surface area contributed by atoms with Crippen LogP contribution in [0.3, 0.4) is 0 Å². The van der Waals surface area contributed by atoms with E-state index in [1.807, 2.05) is 30.3 Å². The van der Waals surface area contributed by atoms with Crippen LogP contribution >= 0.6 is 0 Å². The quantitative estimate of drug-likeness (QED) is 0.256. The number of carbonyl (C=O) groups is 1. The molecule has 0 amide bonds. The lowest BCUT2D eigenvalue weighted by atomic mass is 10.1. The van der Waals surface area contributed by atoms with Crippen molar-refractivity contribution >= 4 is 5.78 Å². The molecular formula is C22H17N5O4. The lowest BCUT2D eigenvalue weighted by molar-refractivity contribution is -0.465. The molecule has 4 aromatic rings. The largest absolute Gasteiger partial charge is 0.437 e. The third kappa shape index (κ3) is 4.61. The van der Waals surface area contributed by atoms with Crippen LogP contribution in [0.25, 0.3) is 16.9 Å². The van der Waals surface area contributed by atoms with Crippen molar-refractivity contribution in [3.8, 4) is 28.6 Å². The Bertz CT molecular complexity index is 1250. The fraction of sp³-hybridized carbons (Fsp3) is 0.0909. The van der Waals surface area contributed by atoms with Crippen molar-refractivity contribution in [2.75, 3.05) is 6.54 Å². The predicted octanol–water partition coefficient (Wildman–Crippen LogP) is 3.89. The van der Waals surface area contributed by atoms with Crippen LogP contribution < -0.4 is 4.74 Å². The molecule has 0 aliphatic heterocycles. The van der Waals surface area contributed by atoms with Crippen molar-refractivity contribution in [3.63, 3.8) is 0 Å². The van der Waals surface area contributed by atoms with Crippen molar-refractivity contribution in [2.45, 2.75) is 6.92 Å². The van der Waals surface area contributed by atoms with Gasteiger partial charge in [0.25, 0.3) is 6.54 Å². The molecule has 9 heteroatoms. The van der Waals surface area contributed by atoms with Crippen molar-refractivity contribution in [3.05, 3.63) is 94.6 Å². The number of carbonyl (C=O) groups excluding carboxylic acids is 1. The van der Waals surface area contributed by atoms with Crippen LogP contribution in [-0.2, 0) is 0 Å². The highest BCUT2D eigenvalue weighted by molar-refractivity contribution is 5.96. The third-order valence-electron chi connectivity index (χ3n) is 4.39. The first-order chi connectivity index (χ1) is 15.0. The van der Waals surface area contributed by atoms with E-state index in [-0.39, 0.29) is 5.56 Å². The molecule has 0 saturated carbocycles. The molecule has 0 fully saturated rings. The fourth-order valence-electron chi connectivity index (χ4n) is 3.00. The molecule has 154 valence electrons. The zero-order valence-electron chi connectivity index (χ0n) is 16.5. The predicted molar refractivity (Wildman–Crippen MR) is 112 cm³/mol. The number of ether oxygens (including phenoxy) is 1. The molecule has 0 aliphatic rings. The summed E-state index contributed by atoms with van der Waals surface area (Å²) >= 11 is 0. The number of ketones is 1. The Balaban J connectivity index is 1.65. The van der Waals surface area contributed by atoms with Gasteiger partial charge in [0.2, 0.25) is 11.7 Å². The summed E-state index contributed by atoms with van der Waals surface area (Å²) in [5, 5.41) is 14.8. The topological polar surface area (TPSA) is 113 Å². The smallest absolute Gasteiger partial charge is 0.265 e. The Morgan fingerprint density at radius 1 is 1.10 bits per heavy atom. The molecule has 0 atom stereocenters. The summed E-state index contributed by atoms with van der Waals surface area (Å²) in [4.78, 5) is 30.7. The SMILES string of the molecule is Cc1nc(Oc2ccccc2-n2cc(C(=O)C[N+](=O)[O-])cn2)cc(-c2ccccc2)n1. The highest BCUT2D eigenvalue weighted by atomic mass is 16.6. The van der Waals surface area contributed by atoms with E-state index in [4.69, 9.17) is 4.74 Å². The Kier molecular flexibility index (Phi) is 5.48. The fourth-order valence-corrected chi connectivity index (χ4v) is 3.00. The van der Waals surface area contributed by atoms with Gasteiger partial charge in [-0.05, 0) is 19.1 Å². The van der Waals surface area contributed by atoms with E-state index in [1.165, 1.54) is 17.1 Å². The standard InChI is InChI=1S/C22H17N5O4/c1-15-24-18(16-7-3-2-4-8-16)11-22(25-15)31-21-10-6-5-9-19(21)26-13-17(12-23-26)20(28)14-27(29)30/h2-13H,14H2,1H3. The number of aryl methyl sites for hydroxylation is 1. The second-order valence-electron chi connectivity index (χ2n) is 6.66. The summed E-state index contributed by atoms with van der Waals surface area (Å²) < 4.78 is 7.48. The van der Waals surface area contributed by atoms with Crippen molar-refractivity contribution in [1.82, 2.24) is 19.7 Å². The summed E-state index contributed by atoms with van der Waals surface area (Å²) in [6, 6.07) is 18.5. The average Bonchev–Trinajstić information content (AvgIpc) is 3.24. The normalized spacial score (nSPS) is 10.6. The maximum Gasteiger partial charge on any atom is 0.265 e. The first kappa shape index (κ1) is 19.9. The Labute approximate surface area is 177 Å². The van der Waals surface area contributed by atoms with E-state index in [0.29, 0.717) is 23.1 Å². The summed E-state index contributed by atoms with van der Waals surface area (Å²) in [5.41, 5.74) is 2.37. The number of nitrogens with zero attached hydrogens (tertiary/aromatic N) is 5. The molecule has 9 nitrogen and oxygen atoms in total. The maximum absolute atomic E-state index is 11.9. The van der Waals surface area contributed by atoms with Crippen LogP contribution in [0.2, 0.25) is 0 Å². The van der Waals surface area contributed by atoms with Gasteiger partial charge in [0.15, 0.2) is 5.75 Å². The van der Waals surface area contributed by atoms with Crippen molar-refractivity contribution < 1.29 is 14.5 Å². The minimum Gasteiger partial charge on any atom is -0.437 e. The minimum absolute atomic E-state index is 0.149. The first-order valence-electron chi connectivity index (χ1n) is 9.37. The number of aromatic nitrogens is 4. The zero-order chi connectivity index (χ0) is 21.8. The Morgan fingerprint density at radius 3 is 2.61 bits per heavy atom. The van der Waals surface area contributed by atoms with Crippen LogP contribution in [0, 0.1) is 17.0 Å². The van der Waals surface area contributed by atoms with Gasteiger partial charge in [-0.2, -0.15) is 10.1 Å². The summed E-state index contributed by atoms with van der Waals surface area (Å²) in [6.07, 6.45) is 2.74. The van der Waals surface area contributed by atoms with E-state index < -0.39 is 17.3 Å². The van der Waals surface area contributed by atoms with Crippen LogP contribution in [-0.4, -0.2) is 37.0 Å². The van der Waals surface area contributed by atoms with Gasteiger partial charge in [0, 0.05) is 22.7 Å². The molecule has 0 bridgehead atoms. The zero-order valence-corrected chi connectivity index (χ0v) is 16.5. The molecule has 0 saturated heterocycles. The van der Waals surface area contributed by atoms with E-state index in [0.717, 1.165) is 11.3 Å². The Morgan fingerprint density at radius 2 is 1.84 bits per heavy atom. The van der Waals surface area contributed by atoms with Gasteiger partial charge in [0.1, 0.15) is 11.5 Å². The summed E-state index contributed by atoms with van der Waals surface area (Å²) in [7, 11) is 0. The lowest BCUT2D eigenvalue weighted by Gasteiger charge is -2.12. The van der Waals surface area contributed by atoms with Crippen LogP contribution in [0.15, 0.2) is 73.1 Å². The molecule has 2 heterocycles. The van der Waals surface area contributed by atoms with Gasteiger partial charge in [0.05, 0.1) is 17.5 Å². The first-order valence-corrected chi connectivity index (χ1v) is 9.37. The number of Topliss-reactive ketones (excluding diaryl/α,β-unsaturated/α-hetero) is 1. The number of hydrogen-bond donors (Lipinski definition) is 0. The maximum atomic E-state index is 11.9. The number of para-hydroxylation sites is 2. The molecule has 0 N–H and O–H groups in total. The molecule has 31 heavy (non-hydrogen) atoms. The highest BCUT2D eigenvalue weighted by Gasteiger charge is 2.17. The number of nitro groups is 1. The second kappa shape index (κ2) is 8.54. The van der Waals surface area contributed by atoms with Crippen LogP contribution in [0.1, 0.15) is 16.2 Å². The van der Waals surface area contributed by atoms with Crippen LogP contribution in [0.5, 0.6) is 11.6 Å². The van der Waals surface area contributed by atoms with Gasteiger partial charge < -0.3 is 4.74 Å². The van der Waals surface area contributed by atoms with E-state index in [9.17, 15) is 14.9 Å². The number of hydrogen-bond acceptors (Lipinski definition) is 7. The minimum atomic E-state index is -0.785. The van der Waals surface area contributed by atoms with E-state index in [2.05, 4.69) is 15.1 Å². The molecule has 2 aromatic carbocycles. The van der Waals surface area contributed by atoms with Crippen molar-refractivity contribution in [2.24, 2.45) is 0 Å². The van der Waals surface area contributed by atoms with E-state index in [1.54, 1.807) is 37.3 Å². The third-order valence-corrected chi connectivity index (χ3v) is 4.39. The van der Waals surface area contributed by atoms with Gasteiger partial charge >= 0.3 is 0 Å². The van der Waals surface area contributed by atoms with Gasteiger partial charge in [-0.3, -0.25) is 14.9 Å². The molecule has 4 rings (SSSR count). The second-order valence-corrected chi connectivity index (χ2v) is 6.66. The summed E-state index contributed by atoms with van der Waals surface area (Å²) in [5.74, 6) is 0.751. The molecule has 0 spiro atoms. The molecular weight excluding hydrogens is 398 g/mol. The van der Waals surface area contributed by atoms with Gasteiger partial charge in [-0.1, -0.05) is 42.5 Å². The molecule has 0 radical (unpaired) electrons. The number of rotatable bonds is 7. The van der Waals surface area contributed by atoms with Gasteiger partial charge in [-0.15, -0.1) is 0 Å². The highest BCUT2D eigenvalue weighted by Crippen LogP contribution is 2.29. The monoisotopic (exact) mass is 415 g/mol. The van der Waals surface area contributed by atoms with E-state index >= 15 is 0 Å².